The lowest BCUT2D eigenvalue weighted by Crippen LogP contribution is -2.31. The summed E-state index contributed by atoms with van der Waals surface area (Å²) >= 11 is 0. The average molecular weight is 294 g/mol. The highest BCUT2D eigenvalue weighted by Crippen LogP contribution is 2.12. The van der Waals surface area contributed by atoms with Crippen LogP contribution in [0.15, 0.2) is 17.1 Å². The van der Waals surface area contributed by atoms with Crippen LogP contribution in [0.1, 0.15) is 71.1 Å². The molecule has 1 heterocycles. The Kier molecular flexibility index (Phi) is 11.4. The Bertz CT molecular complexity index is 289. The van der Waals surface area contributed by atoms with Gasteiger partial charge in [-0.1, -0.05) is 64.4 Å². The standard InChI is InChI=1S/C18H34N2O/c1-2-3-4-5-6-7-8-9-10-11-12-13-18-19-14-15-20(18)16-17-21/h12-14,18,21H,2-11,15-17H2,1H3/b13-12+. The summed E-state index contributed by atoms with van der Waals surface area (Å²) in [6.07, 6.45) is 20.2. The summed E-state index contributed by atoms with van der Waals surface area (Å²) in [4.78, 5) is 6.61. The molecule has 1 N–H and O–H groups in total. The maximum atomic E-state index is 8.98. The Morgan fingerprint density at radius 2 is 1.76 bits per heavy atom. The van der Waals surface area contributed by atoms with Gasteiger partial charge in [-0.2, -0.15) is 0 Å². The molecule has 0 bridgehead atoms. The minimum absolute atomic E-state index is 0.163. The maximum Gasteiger partial charge on any atom is 0.121 e. The van der Waals surface area contributed by atoms with Gasteiger partial charge in [0.05, 0.1) is 6.61 Å². The summed E-state index contributed by atoms with van der Waals surface area (Å²) in [6.45, 7) is 4.07. The lowest BCUT2D eigenvalue weighted by Gasteiger charge is -2.18. The summed E-state index contributed by atoms with van der Waals surface area (Å²) < 4.78 is 0. The van der Waals surface area contributed by atoms with E-state index in [1.165, 1.54) is 57.8 Å². The van der Waals surface area contributed by atoms with Crippen molar-refractivity contribution in [2.75, 3.05) is 19.7 Å². The predicted molar refractivity (Wildman–Crippen MR) is 91.9 cm³/mol. The van der Waals surface area contributed by atoms with Crippen LogP contribution in [0.25, 0.3) is 0 Å². The van der Waals surface area contributed by atoms with Crippen molar-refractivity contribution >= 4 is 6.21 Å². The van der Waals surface area contributed by atoms with Gasteiger partial charge in [0.25, 0.3) is 0 Å². The minimum Gasteiger partial charge on any atom is -0.395 e. The fourth-order valence-corrected chi connectivity index (χ4v) is 2.78. The molecular formula is C18H34N2O. The predicted octanol–water partition coefficient (Wildman–Crippen LogP) is 4.17. The molecule has 122 valence electrons. The van der Waals surface area contributed by atoms with Gasteiger partial charge in [-0.15, -0.1) is 0 Å². The van der Waals surface area contributed by atoms with E-state index in [9.17, 15) is 0 Å². The normalized spacial score (nSPS) is 19.0. The summed E-state index contributed by atoms with van der Waals surface area (Å²) in [5, 5.41) is 8.98. The van der Waals surface area contributed by atoms with Crippen LogP contribution in [0.4, 0.5) is 0 Å². The van der Waals surface area contributed by atoms with Gasteiger partial charge in [-0.3, -0.25) is 9.89 Å². The Hall–Kier alpha value is -0.670. The number of allylic oxidation sites excluding steroid dienone is 1. The molecule has 0 saturated heterocycles. The summed E-state index contributed by atoms with van der Waals surface area (Å²) in [5.74, 6) is 0. The molecule has 0 amide bonds. The van der Waals surface area contributed by atoms with E-state index in [-0.39, 0.29) is 12.8 Å². The molecule has 0 radical (unpaired) electrons. The van der Waals surface area contributed by atoms with Crippen molar-refractivity contribution in [3.63, 3.8) is 0 Å². The largest absolute Gasteiger partial charge is 0.395 e. The molecule has 3 heteroatoms. The van der Waals surface area contributed by atoms with Crippen molar-refractivity contribution in [1.82, 2.24) is 4.90 Å². The van der Waals surface area contributed by atoms with E-state index in [4.69, 9.17) is 5.11 Å². The van der Waals surface area contributed by atoms with Crippen molar-refractivity contribution in [3.05, 3.63) is 12.2 Å². The number of nitrogens with zero attached hydrogens (tertiary/aromatic N) is 2. The third kappa shape index (κ3) is 9.05. The number of β-amino-alcohol motifs (C(OH)–C–C–N with tert-alkyl or cyclic N) is 1. The highest BCUT2D eigenvalue weighted by atomic mass is 16.3. The molecule has 1 unspecified atom stereocenters. The maximum absolute atomic E-state index is 8.98. The highest BCUT2D eigenvalue weighted by molar-refractivity contribution is 5.62. The van der Waals surface area contributed by atoms with Crippen LogP contribution in [0.3, 0.4) is 0 Å². The fourth-order valence-electron chi connectivity index (χ4n) is 2.78. The van der Waals surface area contributed by atoms with Gasteiger partial charge < -0.3 is 5.11 Å². The van der Waals surface area contributed by atoms with Crippen molar-refractivity contribution in [1.29, 1.82) is 0 Å². The smallest absolute Gasteiger partial charge is 0.121 e. The Labute approximate surface area is 131 Å². The number of aliphatic hydroxyl groups excluding tert-OH is 1. The van der Waals surface area contributed by atoms with Crippen LogP contribution in [0.2, 0.25) is 0 Å². The van der Waals surface area contributed by atoms with Gasteiger partial charge in [0, 0.05) is 19.3 Å². The molecule has 3 nitrogen and oxygen atoms in total. The molecule has 0 spiro atoms. The molecule has 0 saturated carbocycles. The van der Waals surface area contributed by atoms with E-state index >= 15 is 0 Å². The molecule has 1 atom stereocenters. The molecule has 21 heavy (non-hydrogen) atoms. The highest BCUT2D eigenvalue weighted by Gasteiger charge is 2.16. The Balaban J connectivity index is 1.91. The van der Waals surface area contributed by atoms with E-state index in [1.807, 2.05) is 6.21 Å². The molecule has 0 aliphatic carbocycles. The second-order valence-electron chi connectivity index (χ2n) is 6.01. The van der Waals surface area contributed by atoms with Gasteiger partial charge in [0.15, 0.2) is 0 Å². The number of hydrogen-bond acceptors (Lipinski definition) is 3. The Morgan fingerprint density at radius 1 is 1.10 bits per heavy atom. The SMILES string of the molecule is CCCCCCCCCCC/C=C/C1N=CCN1CCO. The zero-order valence-corrected chi connectivity index (χ0v) is 13.8. The van der Waals surface area contributed by atoms with Crippen LogP contribution in [-0.4, -0.2) is 42.1 Å². The van der Waals surface area contributed by atoms with Crippen LogP contribution in [0, 0.1) is 0 Å². The molecule has 1 rings (SSSR count). The van der Waals surface area contributed by atoms with Crippen LogP contribution >= 0.6 is 0 Å². The average Bonchev–Trinajstić information content (AvgIpc) is 2.92. The van der Waals surface area contributed by atoms with Gasteiger partial charge in [-0.05, 0) is 18.9 Å². The number of aliphatic imine (C=N–C) groups is 1. The van der Waals surface area contributed by atoms with Crippen LogP contribution in [-0.2, 0) is 0 Å². The number of aliphatic hydroxyl groups is 1. The van der Waals surface area contributed by atoms with Crippen molar-refractivity contribution in [3.8, 4) is 0 Å². The van der Waals surface area contributed by atoms with Crippen LogP contribution in [0.5, 0.6) is 0 Å². The van der Waals surface area contributed by atoms with Gasteiger partial charge >= 0.3 is 0 Å². The van der Waals surface area contributed by atoms with Gasteiger partial charge in [0.2, 0.25) is 0 Å². The molecular weight excluding hydrogens is 260 g/mol. The molecule has 0 aromatic carbocycles. The van der Waals surface area contributed by atoms with E-state index in [0.29, 0.717) is 6.54 Å². The first kappa shape index (κ1) is 18.4. The lowest BCUT2D eigenvalue weighted by atomic mass is 10.1. The third-order valence-corrected chi connectivity index (χ3v) is 4.12. The Morgan fingerprint density at radius 3 is 2.43 bits per heavy atom. The third-order valence-electron chi connectivity index (χ3n) is 4.12. The van der Waals surface area contributed by atoms with E-state index in [0.717, 1.165) is 13.0 Å². The minimum atomic E-state index is 0.163. The number of unbranched alkanes of at least 4 members (excludes halogenated alkanes) is 9. The first-order valence-electron chi connectivity index (χ1n) is 8.91. The molecule has 0 aromatic heterocycles. The zero-order valence-electron chi connectivity index (χ0n) is 13.8. The quantitative estimate of drug-likeness (QED) is 0.409. The van der Waals surface area contributed by atoms with Crippen molar-refractivity contribution in [2.24, 2.45) is 4.99 Å². The van der Waals surface area contributed by atoms with E-state index in [2.05, 4.69) is 29.0 Å². The lowest BCUT2D eigenvalue weighted by molar-refractivity contribution is 0.201. The van der Waals surface area contributed by atoms with E-state index in [1.54, 1.807) is 0 Å². The molecule has 1 aliphatic rings. The summed E-state index contributed by atoms with van der Waals surface area (Å²) in [5.41, 5.74) is 0. The van der Waals surface area contributed by atoms with Crippen molar-refractivity contribution < 1.29 is 5.11 Å². The van der Waals surface area contributed by atoms with Gasteiger partial charge in [-0.25, -0.2) is 0 Å². The monoisotopic (exact) mass is 294 g/mol. The second kappa shape index (κ2) is 13.0. The summed E-state index contributed by atoms with van der Waals surface area (Å²) in [6, 6.07) is 0. The number of rotatable bonds is 13. The molecule has 0 fully saturated rings. The van der Waals surface area contributed by atoms with Crippen LogP contribution < -0.4 is 0 Å². The first-order chi connectivity index (χ1) is 10.4. The first-order valence-corrected chi connectivity index (χ1v) is 8.91. The zero-order chi connectivity index (χ0) is 15.2. The number of hydrogen-bond donors (Lipinski definition) is 1. The second-order valence-corrected chi connectivity index (χ2v) is 6.01. The van der Waals surface area contributed by atoms with E-state index < -0.39 is 0 Å². The molecule has 0 aromatic rings. The fraction of sp³-hybridized carbons (Fsp3) is 0.833. The summed E-state index contributed by atoms with van der Waals surface area (Å²) in [7, 11) is 0. The van der Waals surface area contributed by atoms with Crippen molar-refractivity contribution in [2.45, 2.75) is 77.3 Å². The van der Waals surface area contributed by atoms with Gasteiger partial charge in [0.1, 0.15) is 6.17 Å². The molecule has 1 aliphatic heterocycles. The topological polar surface area (TPSA) is 35.8 Å².